The van der Waals surface area contributed by atoms with E-state index in [1.54, 1.807) is 0 Å². The molecule has 0 spiro atoms. The largest absolute Gasteiger partial charge is 0.481 e. The van der Waals surface area contributed by atoms with Crippen LogP contribution in [0, 0.1) is 11.8 Å². The molecule has 5 rings (SSSR count). The lowest BCUT2D eigenvalue weighted by Crippen LogP contribution is -2.38. The van der Waals surface area contributed by atoms with Crippen molar-refractivity contribution < 1.29 is 29.0 Å². The summed E-state index contributed by atoms with van der Waals surface area (Å²) in [5.41, 5.74) is 4.67. The Morgan fingerprint density at radius 1 is 0.943 bits per heavy atom. The summed E-state index contributed by atoms with van der Waals surface area (Å²) in [6.07, 6.45) is 1.49. The van der Waals surface area contributed by atoms with Crippen LogP contribution in [0.2, 0.25) is 0 Å². The minimum atomic E-state index is -0.801. The van der Waals surface area contributed by atoms with Crippen LogP contribution in [0.3, 0.4) is 0 Å². The number of ether oxygens (including phenoxy) is 2. The van der Waals surface area contributed by atoms with Crippen LogP contribution < -0.4 is 10.6 Å². The molecule has 0 bridgehead atoms. The van der Waals surface area contributed by atoms with Crippen molar-refractivity contribution >= 4 is 18.0 Å². The fraction of sp³-hybridized carbons (Fsp3) is 0.444. The van der Waals surface area contributed by atoms with Crippen molar-refractivity contribution in [3.8, 4) is 11.1 Å². The van der Waals surface area contributed by atoms with Gasteiger partial charge in [0.25, 0.3) is 0 Å². The normalized spacial score (nSPS) is 25.0. The van der Waals surface area contributed by atoms with E-state index in [0.717, 1.165) is 11.1 Å². The summed E-state index contributed by atoms with van der Waals surface area (Å²) < 4.78 is 11.3. The number of fused-ring (bicyclic) bond motifs is 3. The van der Waals surface area contributed by atoms with Gasteiger partial charge in [0.2, 0.25) is 5.91 Å². The third-order valence-corrected chi connectivity index (χ3v) is 7.40. The van der Waals surface area contributed by atoms with Gasteiger partial charge in [-0.1, -0.05) is 48.5 Å². The summed E-state index contributed by atoms with van der Waals surface area (Å²) >= 11 is 0. The van der Waals surface area contributed by atoms with Gasteiger partial charge in [-0.2, -0.15) is 0 Å². The third-order valence-electron chi connectivity index (χ3n) is 7.40. The minimum Gasteiger partial charge on any atom is -0.481 e. The van der Waals surface area contributed by atoms with Gasteiger partial charge in [0.1, 0.15) is 6.61 Å². The summed E-state index contributed by atoms with van der Waals surface area (Å²) in [6.45, 7) is 0.804. The van der Waals surface area contributed by atoms with E-state index >= 15 is 0 Å². The van der Waals surface area contributed by atoms with E-state index in [4.69, 9.17) is 14.6 Å². The van der Waals surface area contributed by atoms with E-state index in [9.17, 15) is 14.4 Å². The first-order valence-corrected chi connectivity index (χ1v) is 12.2. The van der Waals surface area contributed by atoms with Crippen molar-refractivity contribution in [2.24, 2.45) is 11.8 Å². The first-order chi connectivity index (χ1) is 17.0. The lowest BCUT2D eigenvalue weighted by molar-refractivity contribution is -0.141. The zero-order valence-corrected chi connectivity index (χ0v) is 19.4. The number of carboxylic acid groups (broad SMARTS) is 1. The number of aliphatic carboxylic acids is 1. The highest BCUT2D eigenvalue weighted by atomic mass is 16.5. The Labute approximate surface area is 204 Å². The van der Waals surface area contributed by atoms with Gasteiger partial charge in [0.15, 0.2) is 0 Å². The van der Waals surface area contributed by atoms with Crippen LogP contribution >= 0.6 is 0 Å². The molecule has 0 radical (unpaired) electrons. The fourth-order valence-electron chi connectivity index (χ4n) is 5.53. The standard InChI is InChI=1S/C27H30N2O6/c30-25(29-18-10-9-16(11-18)26(31)32)17-12-19(34-14-17)13-28-27(33)35-15-24-22-7-3-1-5-20(22)21-6-2-4-8-23(21)24/h1-8,16-19,24H,9-15H2,(H,28,33)(H,29,30)(H,31,32)/t16-,17-,18+,19-/m0/s1. The van der Waals surface area contributed by atoms with E-state index in [1.807, 2.05) is 24.3 Å². The van der Waals surface area contributed by atoms with Gasteiger partial charge in [0, 0.05) is 18.5 Å². The number of hydrogen-bond acceptors (Lipinski definition) is 5. The molecule has 35 heavy (non-hydrogen) atoms. The molecule has 1 saturated carbocycles. The smallest absolute Gasteiger partial charge is 0.407 e. The predicted molar refractivity (Wildman–Crippen MR) is 128 cm³/mol. The monoisotopic (exact) mass is 478 g/mol. The zero-order chi connectivity index (χ0) is 24.4. The molecule has 2 amide bonds. The van der Waals surface area contributed by atoms with Gasteiger partial charge >= 0.3 is 12.1 Å². The average Bonchev–Trinajstić information content (AvgIpc) is 3.59. The predicted octanol–water partition coefficient (Wildman–Crippen LogP) is 3.30. The molecule has 184 valence electrons. The van der Waals surface area contributed by atoms with Gasteiger partial charge in [-0.15, -0.1) is 0 Å². The number of rotatable bonds is 7. The quantitative estimate of drug-likeness (QED) is 0.563. The van der Waals surface area contributed by atoms with E-state index in [1.165, 1.54) is 11.1 Å². The van der Waals surface area contributed by atoms with Crippen LogP contribution in [0.1, 0.15) is 42.7 Å². The number of amides is 2. The molecule has 4 atom stereocenters. The SMILES string of the molecule is O=C(NC[C@@H]1C[C@H](C(=O)N[C@@H]2CC[C@H](C(=O)O)C2)CO1)OCC1c2ccccc2-c2ccccc21. The summed E-state index contributed by atoms with van der Waals surface area (Å²) in [6, 6.07) is 16.3. The topological polar surface area (TPSA) is 114 Å². The lowest BCUT2D eigenvalue weighted by atomic mass is 9.98. The van der Waals surface area contributed by atoms with Gasteiger partial charge in [0.05, 0.1) is 24.5 Å². The minimum absolute atomic E-state index is 0.000249. The molecule has 1 heterocycles. The van der Waals surface area contributed by atoms with Crippen LogP contribution in [0.4, 0.5) is 4.79 Å². The van der Waals surface area contributed by atoms with Gasteiger partial charge in [-0.05, 0) is 47.9 Å². The number of benzene rings is 2. The molecule has 2 aliphatic carbocycles. The van der Waals surface area contributed by atoms with Crippen molar-refractivity contribution in [3.63, 3.8) is 0 Å². The molecule has 0 unspecified atom stereocenters. The van der Waals surface area contributed by atoms with Crippen molar-refractivity contribution in [2.45, 2.75) is 43.7 Å². The first-order valence-electron chi connectivity index (χ1n) is 12.2. The number of carbonyl (C=O) groups is 3. The van der Waals surface area contributed by atoms with Gasteiger partial charge in [-0.3, -0.25) is 9.59 Å². The Balaban J connectivity index is 1.06. The van der Waals surface area contributed by atoms with Crippen molar-refractivity contribution in [3.05, 3.63) is 59.7 Å². The molecular weight excluding hydrogens is 448 g/mol. The lowest BCUT2D eigenvalue weighted by Gasteiger charge is -2.16. The molecule has 1 saturated heterocycles. The molecule has 2 fully saturated rings. The fourth-order valence-corrected chi connectivity index (χ4v) is 5.53. The number of hydrogen-bond donors (Lipinski definition) is 3. The summed E-state index contributed by atoms with van der Waals surface area (Å²) in [7, 11) is 0. The van der Waals surface area contributed by atoms with Crippen LogP contribution in [0.15, 0.2) is 48.5 Å². The molecule has 3 aliphatic rings. The second kappa shape index (κ2) is 10.1. The maximum Gasteiger partial charge on any atom is 0.407 e. The Hall–Kier alpha value is -3.39. The number of alkyl carbamates (subject to hydrolysis) is 1. The first kappa shape index (κ1) is 23.4. The van der Waals surface area contributed by atoms with E-state index in [-0.39, 0.29) is 55.6 Å². The Morgan fingerprint density at radius 3 is 2.29 bits per heavy atom. The highest BCUT2D eigenvalue weighted by Gasteiger charge is 2.35. The van der Waals surface area contributed by atoms with E-state index in [0.29, 0.717) is 25.7 Å². The number of carbonyl (C=O) groups excluding carboxylic acids is 2. The number of nitrogens with one attached hydrogen (secondary N) is 2. The maximum absolute atomic E-state index is 12.6. The van der Waals surface area contributed by atoms with Gasteiger partial charge < -0.3 is 25.2 Å². The molecule has 1 aliphatic heterocycles. The summed E-state index contributed by atoms with van der Waals surface area (Å²) in [5.74, 6) is -1.59. The molecule has 2 aromatic carbocycles. The van der Waals surface area contributed by atoms with Crippen LogP contribution in [-0.4, -0.2) is 55.0 Å². The molecule has 8 heteroatoms. The average molecular weight is 479 g/mol. The molecule has 0 aromatic heterocycles. The third kappa shape index (κ3) is 5.03. The van der Waals surface area contributed by atoms with Crippen molar-refractivity contribution in [1.82, 2.24) is 10.6 Å². The van der Waals surface area contributed by atoms with E-state index in [2.05, 4.69) is 34.9 Å². The van der Waals surface area contributed by atoms with Crippen molar-refractivity contribution in [1.29, 1.82) is 0 Å². The number of carboxylic acids is 1. The second-order valence-electron chi connectivity index (χ2n) is 9.65. The highest BCUT2D eigenvalue weighted by molar-refractivity contribution is 5.80. The van der Waals surface area contributed by atoms with Crippen LogP contribution in [0.25, 0.3) is 11.1 Å². The Kier molecular flexibility index (Phi) is 6.72. The Morgan fingerprint density at radius 2 is 1.63 bits per heavy atom. The highest BCUT2D eigenvalue weighted by Crippen LogP contribution is 2.44. The second-order valence-corrected chi connectivity index (χ2v) is 9.65. The molecular formula is C27H30N2O6. The summed E-state index contributed by atoms with van der Waals surface area (Å²) in [5, 5.41) is 14.9. The molecule has 8 nitrogen and oxygen atoms in total. The summed E-state index contributed by atoms with van der Waals surface area (Å²) in [4.78, 5) is 36.1. The maximum atomic E-state index is 12.6. The molecule has 2 aromatic rings. The molecule has 3 N–H and O–H groups in total. The van der Waals surface area contributed by atoms with Crippen molar-refractivity contribution in [2.75, 3.05) is 19.8 Å². The van der Waals surface area contributed by atoms with E-state index < -0.39 is 12.1 Å². The van der Waals surface area contributed by atoms with Gasteiger partial charge in [-0.25, -0.2) is 4.79 Å². The Bertz CT molecular complexity index is 1070. The van der Waals surface area contributed by atoms with Crippen LogP contribution in [0.5, 0.6) is 0 Å². The van der Waals surface area contributed by atoms with Crippen LogP contribution in [-0.2, 0) is 19.1 Å². The zero-order valence-electron chi connectivity index (χ0n) is 19.4.